The van der Waals surface area contributed by atoms with Crippen LogP contribution in [0.3, 0.4) is 0 Å². The van der Waals surface area contributed by atoms with Gasteiger partial charge in [-0.15, -0.1) is 0 Å². The lowest BCUT2D eigenvalue weighted by Crippen LogP contribution is -2.39. The summed E-state index contributed by atoms with van der Waals surface area (Å²) < 4.78 is 18.4. The average Bonchev–Trinajstić information content (AvgIpc) is 2.42. The number of benzene rings is 1. The fraction of sp³-hybridized carbons (Fsp3) is 0.600. The summed E-state index contributed by atoms with van der Waals surface area (Å²) in [5, 5.41) is 10.1. The van der Waals surface area contributed by atoms with E-state index in [0.29, 0.717) is 12.6 Å². The highest BCUT2D eigenvalue weighted by atomic mass is 19.1. The van der Waals surface area contributed by atoms with Crippen LogP contribution in [0.25, 0.3) is 0 Å². The molecule has 0 aliphatic carbocycles. The topological polar surface area (TPSA) is 32.7 Å². The van der Waals surface area contributed by atoms with Crippen molar-refractivity contribution in [3.05, 3.63) is 35.6 Å². The van der Waals surface area contributed by atoms with E-state index in [1.54, 1.807) is 12.1 Å². The van der Waals surface area contributed by atoms with Crippen molar-refractivity contribution in [1.29, 1.82) is 0 Å². The lowest BCUT2D eigenvalue weighted by molar-refractivity contribution is 0.00327. The molecule has 3 nitrogen and oxygen atoms in total. The van der Waals surface area contributed by atoms with Gasteiger partial charge < -0.3 is 14.7 Å². The van der Waals surface area contributed by atoms with E-state index in [4.69, 9.17) is 4.74 Å². The molecule has 1 fully saturated rings. The molecule has 2 rings (SSSR count). The minimum Gasteiger partial charge on any atom is -0.387 e. The van der Waals surface area contributed by atoms with Crippen LogP contribution in [0.4, 0.5) is 4.39 Å². The molecule has 0 saturated carbocycles. The van der Waals surface area contributed by atoms with E-state index < -0.39 is 6.10 Å². The Hall–Kier alpha value is -0.970. The van der Waals surface area contributed by atoms with Crippen molar-refractivity contribution in [2.75, 3.05) is 26.2 Å². The number of β-amino-alcohol motifs (C(OH)–C–C–N with tert-alkyl or cyclic N) is 1. The highest BCUT2D eigenvalue weighted by Crippen LogP contribution is 2.19. The fourth-order valence-corrected chi connectivity index (χ4v) is 2.53. The normalized spacial score (nSPS) is 19.5. The highest BCUT2D eigenvalue weighted by molar-refractivity contribution is 5.18. The predicted octanol–water partition coefficient (Wildman–Crippen LogP) is 2.36. The summed E-state index contributed by atoms with van der Waals surface area (Å²) in [4.78, 5) is 2.24. The van der Waals surface area contributed by atoms with Crippen LogP contribution in [0.1, 0.15) is 31.4 Å². The summed E-state index contributed by atoms with van der Waals surface area (Å²) in [6, 6.07) is 6.07. The fourth-order valence-electron chi connectivity index (χ4n) is 2.53. The van der Waals surface area contributed by atoms with Crippen LogP contribution < -0.4 is 0 Å². The van der Waals surface area contributed by atoms with Gasteiger partial charge in [-0.2, -0.15) is 0 Å². The molecule has 1 aliphatic heterocycles. The summed E-state index contributed by atoms with van der Waals surface area (Å²) in [6.45, 7) is 5.28. The van der Waals surface area contributed by atoms with Gasteiger partial charge in [0, 0.05) is 26.2 Å². The summed E-state index contributed by atoms with van der Waals surface area (Å²) in [5.41, 5.74) is 0.772. The lowest BCUT2D eigenvalue weighted by Gasteiger charge is -2.33. The van der Waals surface area contributed by atoms with Crippen LogP contribution >= 0.6 is 0 Å². The third-order valence-electron chi connectivity index (χ3n) is 3.62. The molecular weight excluding hydrogens is 245 g/mol. The van der Waals surface area contributed by atoms with Crippen LogP contribution in [-0.4, -0.2) is 42.4 Å². The Morgan fingerprint density at radius 2 is 1.95 bits per heavy atom. The molecule has 4 heteroatoms. The maximum Gasteiger partial charge on any atom is 0.123 e. The first-order valence-electron chi connectivity index (χ1n) is 6.96. The van der Waals surface area contributed by atoms with Crippen molar-refractivity contribution in [3.8, 4) is 0 Å². The van der Waals surface area contributed by atoms with Gasteiger partial charge in [-0.25, -0.2) is 4.39 Å². The van der Waals surface area contributed by atoms with Gasteiger partial charge in [-0.1, -0.05) is 12.1 Å². The summed E-state index contributed by atoms with van der Waals surface area (Å²) >= 11 is 0. The summed E-state index contributed by atoms with van der Waals surface area (Å²) in [5.74, 6) is -0.270. The van der Waals surface area contributed by atoms with Gasteiger partial charge in [0.1, 0.15) is 5.82 Å². The molecule has 1 aromatic rings. The van der Waals surface area contributed by atoms with Crippen molar-refractivity contribution in [1.82, 2.24) is 4.90 Å². The molecule has 1 aromatic carbocycles. The number of hydrogen-bond acceptors (Lipinski definition) is 3. The Labute approximate surface area is 114 Å². The maximum atomic E-state index is 12.8. The smallest absolute Gasteiger partial charge is 0.123 e. The quantitative estimate of drug-likeness (QED) is 0.889. The van der Waals surface area contributed by atoms with E-state index in [9.17, 15) is 9.50 Å². The Balaban J connectivity index is 1.80. The number of nitrogens with zero attached hydrogens (tertiary/aromatic N) is 1. The number of hydrogen-bond donors (Lipinski definition) is 1. The predicted molar refractivity (Wildman–Crippen MR) is 72.4 cm³/mol. The number of piperidine rings is 1. The molecule has 1 unspecified atom stereocenters. The number of aliphatic hydroxyl groups is 1. The minimum absolute atomic E-state index is 0.270. The van der Waals surface area contributed by atoms with E-state index in [1.807, 2.05) is 6.92 Å². The van der Waals surface area contributed by atoms with Gasteiger partial charge in [0.15, 0.2) is 0 Å². The van der Waals surface area contributed by atoms with Crippen molar-refractivity contribution >= 4 is 0 Å². The number of rotatable bonds is 5. The van der Waals surface area contributed by atoms with Crippen LogP contribution in [0, 0.1) is 5.82 Å². The van der Waals surface area contributed by atoms with Crippen molar-refractivity contribution in [2.24, 2.45) is 0 Å². The van der Waals surface area contributed by atoms with Crippen molar-refractivity contribution in [2.45, 2.75) is 32.0 Å². The van der Waals surface area contributed by atoms with E-state index in [-0.39, 0.29) is 5.82 Å². The third-order valence-corrected chi connectivity index (χ3v) is 3.62. The molecular formula is C15H22FNO2. The second kappa shape index (κ2) is 6.98. The van der Waals surface area contributed by atoms with E-state index in [2.05, 4.69) is 4.90 Å². The van der Waals surface area contributed by atoms with Gasteiger partial charge in [0.25, 0.3) is 0 Å². The van der Waals surface area contributed by atoms with Crippen LogP contribution in [0.5, 0.6) is 0 Å². The zero-order valence-electron chi connectivity index (χ0n) is 11.4. The van der Waals surface area contributed by atoms with Gasteiger partial charge in [0.05, 0.1) is 12.2 Å². The molecule has 1 heterocycles. The molecule has 1 N–H and O–H groups in total. The van der Waals surface area contributed by atoms with Gasteiger partial charge in [-0.05, 0) is 37.5 Å². The first-order valence-corrected chi connectivity index (χ1v) is 6.96. The van der Waals surface area contributed by atoms with E-state index in [1.165, 1.54) is 12.1 Å². The molecule has 1 aliphatic rings. The molecule has 0 aromatic heterocycles. The minimum atomic E-state index is -0.552. The summed E-state index contributed by atoms with van der Waals surface area (Å²) in [6.07, 6.45) is 1.85. The molecule has 0 spiro atoms. The average molecular weight is 267 g/mol. The van der Waals surface area contributed by atoms with E-state index in [0.717, 1.165) is 38.1 Å². The molecule has 0 radical (unpaired) electrons. The standard InChI is InChI=1S/C15H22FNO2/c1-2-19-14-7-9-17(10-8-14)11-15(18)12-3-5-13(16)6-4-12/h3-6,14-15,18H,2,7-11H2,1H3. The van der Waals surface area contributed by atoms with E-state index >= 15 is 0 Å². The Bertz CT molecular complexity index is 374. The van der Waals surface area contributed by atoms with Crippen molar-refractivity contribution in [3.63, 3.8) is 0 Å². The number of ether oxygens (including phenoxy) is 1. The van der Waals surface area contributed by atoms with Crippen LogP contribution in [0.2, 0.25) is 0 Å². The maximum absolute atomic E-state index is 12.8. The van der Waals surface area contributed by atoms with Crippen LogP contribution in [0.15, 0.2) is 24.3 Å². The number of halogens is 1. The number of likely N-dealkylation sites (tertiary alicyclic amines) is 1. The molecule has 106 valence electrons. The largest absolute Gasteiger partial charge is 0.387 e. The lowest BCUT2D eigenvalue weighted by atomic mass is 10.0. The second-order valence-electron chi connectivity index (χ2n) is 5.02. The van der Waals surface area contributed by atoms with Gasteiger partial charge in [-0.3, -0.25) is 0 Å². The zero-order valence-corrected chi connectivity index (χ0v) is 11.4. The van der Waals surface area contributed by atoms with Gasteiger partial charge in [0.2, 0.25) is 0 Å². The first-order chi connectivity index (χ1) is 9.19. The van der Waals surface area contributed by atoms with Gasteiger partial charge >= 0.3 is 0 Å². The monoisotopic (exact) mass is 267 g/mol. The SMILES string of the molecule is CCOC1CCN(CC(O)c2ccc(F)cc2)CC1. The molecule has 19 heavy (non-hydrogen) atoms. The summed E-state index contributed by atoms with van der Waals surface area (Å²) in [7, 11) is 0. The first kappa shape index (κ1) is 14.4. The Kier molecular flexibility index (Phi) is 5.31. The Morgan fingerprint density at radius 1 is 1.32 bits per heavy atom. The third kappa shape index (κ3) is 4.27. The second-order valence-corrected chi connectivity index (χ2v) is 5.02. The zero-order chi connectivity index (χ0) is 13.7. The Morgan fingerprint density at radius 3 is 2.53 bits per heavy atom. The van der Waals surface area contributed by atoms with Crippen molar-refractivity contribution < 1.29 is 14.2 Å². The highest BCUT2D eigenvalue weighted by Gasteiger charge is 2.21. The van der Waals surface area contributed by atoms with Crippen LogP contribution in [-0.2, 0) is 4.74 Å². The molecule has 0 amide bonds. The molecule has 1 saturated heterocycles. The molecule has 0 bridgehead atoms. The molecule has 1 atom stereocenters. The number of aliphatic hydroxyl groups excluding tert-OH is 1.